The summed E-state index contributed by atoms with van der Waals surface area (Å²) >= 11 is 1.56. The highest BCUT2D eigenvalue weighted by Crippen LogP contribution is 2.16. The molecule has 1 rings (SSSR count). The van der Waals surface area contributed by atoms with Crippen LogP contribution in [0.25, 0.3) is 6.08 Å². The zero-order chi connectivity index (χ0) is 13.4. The van der Waals surface area contributed by atoms with Gasteiger partial charge in [-0.05, 0) is 36.9 Å². The summed E-state index contributed by atoms with van der Waals surface area (Å²) in [6.07, 6.45) is 2.93. The Morgan fingerprint density at radius 3 is 2.94 bits per heavy atom. The van der Waals surface area contributed by atoms with Crippen molar-refractivity contribution in [2.75, 3.05) is 13.2 Å². The maximum absolute atomic E-state index is 10.4. The molecule has 4 nitrogen and oxygen atoms in total. The van der Waals surface area contributed by atoms with Crippen LogP contribution in [-0.4, -0.2) is 30.4 Å². The number of rotatable bonds is 8. The normalized spacial score (nSPS) is 11.5. The molecular formula is C13H18O4S. The van der Waals surface area contributed by atoms with Gasteiger partial charge in [-0.15, -0.1) is 11.3 Å². The summed E-state index contributed by atoms with van der Waals surface area (Å²) in [6.45, 7) is 5.67. The average Bonchev–Trinajstić information content (AvgIpc) is 2.73. The predicted molar refractivity (Wildman–Crippen MR) is 71.7 cm³/mol. The van der Waals surface area contributed by atoms with Gasteiger partial charge < -0.3 is 14.6 Å². The second-order valence-electron chi connectivity index (χ2n) is 3.99. The van der Waals surface area contributed by atoms with E-state index in [1.165, 1.54) is 0 Å². The molecule has 0 saturated heterocycles. The zero-order valence-corrected chi connectivity index (χ0v) is 11.4. The molecule has 0 aliphatic heterocycles. The molecule has 1 N–H and O–H groups in total. The van der Waals surface area contributed by atoms with Crippen molar-refractivity contribution in [1.82, 2.24) is 0 Å². The Morgan fingerprint density at radius 1 is 1.50 bits per heavy atom. The molecule has 18 heavy (non-hydrogen) atoms. The Balaban J connectivity index is 2.25. The standard InChI is InChI=1S/C13H18O4S/c1-10(2)17-6-5-16-8-12-7-11(9-18-12)3-4-13(14)15/h3-4,7,9-10H,5-6,8H2,1-2H3,(H,14,15). The molecular weight excluding hydrogens is 252 g/mol. The van der Waals surface area contributed by atoms with E-state index in [1.54, 1.807) is 17.4 Å². The van der Waals surface area contributed by atoms with Crippen LogP contribution >= 0.6 is 11.3 Å². The van der Waals surface area contributed by atoms with Crippen LogP contribution in [0.5, 0.6) is 0 Å². The highest BCUT2D eigenvalue weighted by molar-refractivity contribution is 7.10. The molecule has 0 radical (unpaired) electrons. The van der Waals surface area contributed by atoms with E-state index in [0.717, 1.165) is 16.5 Å². The maximum Gasteiger partial charge on any atom is 0.328 e. The van der Waals surface area contributed by atoms with Crippen molar-refractivity contribution in [2.45, 2.75) is 26.6 Å². The first kappa shape index (κ1) is 14.9. The van der Waals surface area contributed by atoms with Gasteiger partial charge in [0.25, 0.3) is 0 Å². The van der Waals surface area contributed by atoms with Crippen LogP contribution in [0.4, 0.5) is 0 Å². The van der Waals surface area contributed by atoms with E-state index in [1.807, 2.05) is 25.3 Å². The topological polar surface area (TPSA) is 55.8 Å². The molecule has 1 heterocycles. The van der Waals surface area contributed by atoms with Gasteiger partial charge in [-0.25, -0.2) is 4.79 Å². The average molecular weight is 270 g/mol. The third-order valence-electron chi connectivity index (χ3n) is 2.02. The van der Waals surface area contributed by atoms with Crippen LogP contribution in [-0.2, 0) is 20.9 Å². The lowest BCUT2D eigenvalue weighted by molar-refractivity contribution is -0.131. The summed E-state index contributed by atoms with van der Waals surface area (Å²) in [5.41, 5.74) is 0.888. The number of carboxylic acid groups (broad SMARTS) is 1. The lowest BCUT2D eigenvalue weighted by Gasteiger charge is -2.07. The highest BCUT2D eigenvalue weighted by Gasteiger charge is 1.99. The van der Waals surface area contributed by atoms with E-state index < -0.39 is 5.97 Å². The van der Waals surface area contributed by atoms with Gasteiger partial charge in [0.05, 0.1) is 25.9 Å². The summed E-state index contributed by atoms with van der Waals surface area (Å²) in [6, 6.07) is 1.92. The minimum absolute atomic E-state index is 0.225. The molecule has 0 bridgehead atoms. The summed E-state index contributed by atoms with van der Waals surface area (Å²) in [7, 11) is 0. The van der Waals surface area contributed by atoms with Gasteiger partial charge in [-0.1, -0.05) is 0 Å². The molecule has 0 amide bonds. The molecule has 0 unspecified atom stereocenters. The minimum atomic E-state index is -0.940. The van der Waals surface area contributed by atoms with Crippen molar-refractivity contribution < 1.29 is 19.4 Å². The number of carbonyl (C=O) groups is 1. The second kappa shape index (κ2) is 8.02. The van der Waals surface area contributed by atoms with E-state index in [2.05, 4.69) is 0 Å². The van der Waals surface area contributed by atoms with Crippen molar-refractivity contribution in [2.24, 2.45) is 0 Å². The number of hydrogen-bond donors (Lipinski definition) is 1. The number of carboxylic acids is 1. The lowest BCUT2D eigenvalue weighted by atomic mass is 10.3. The second-order valence-corrected chi connectivity index (χ2v) is 4.99. The fourth-order valence-electron chi connectivity index (χ4n) is 1.24. The van der Waals surface area contributed by atoms with E-state index >= 15 is 0 Å². The molecule has 0 fully saturated rings. The Kier molecular flexibility index (Phi) is 6.64. The van der Waals surface area contributed by atoms with Crippen molar-refractivity contribution in [3.05, 3.63) is 28.0 Å². The van der Waals surface area contributed by atoms with Crippen molar-refractivity contribution in [3.63, 3.8) is 0 Å². The Morgan fingerprint density at radius 2 is 2.28 bits per heavy atom. The third-order valence-corrected chi connectivity index (χ3v) is 2.94. The molecule has 0 aromatic carbocycles. The lowest BCUT2D eigenvalue weighted by Crippen LogP contribution is -2.09. The van der Waals surface area contributed by atoms with Crippen LogP contribution in [0.1, 0.15) is 24.3 Å². The van der Waals surface area contributed by atoms with Gasteiger partial charge in [0.1, 0.15) is 0 Å². The fourth-order valence-corrected chi connectivity index (χ4v) is 2.03. The van der Waals surface area contributed by atoms with Gasteiger partial charge in [0.2, 0.25) is 0 Å². The molecule has 0 saturated carbocycles. The number of aliphatic carboxylic acids is 1. The summed E-state index contributed by atoms with van der Waals surface area (Å²) in [5.74, 6) is -0.940. The first-order chi connectivity index (χ1) is 8.58. The number of ether oxygens (including phenoxy) is 2. The van der Waals surface area contributed by atoms with E-state index in [0.29, 0.717) is 19.8 Å². The molecule has 1 aromatic rings. The summed E-state index contributed by atoms with van der Waals surface area (Å²) in [4.78, 5) is 11.4. The van der Waals surface area contributed by atoms with Gasteiger partial charge >= 0.3 is 5.97 Å². The van der Waals surface area contributed by atoms with Crippen LogP contribution < -0.4 is 0 Å². The predicted octanol–water partition coefficient (Wildman–Crippen LogP) is 2.79. The van der Waals surface area contributed by atoms with E-state index in [9.17, 15) is 4.79 Å². The Labute approximate surface area is 111 Å². The summed E-state index contributed by atoms with van der Waals surface area (Å²) < 4.78 is 10.8. The Bertz CT molecular complexity index is 395. The first-order valence-corrected chi connectivity index (χ1v) is 6.63. The first-order valence-electron chi connectivity index (χ1n) is 5.75. The monoisotopic (exact) mass is 270 g/mol. The largest absolute Gasteiger partial charge is 0.478 e. The number of hydrogen-bond acceptors (Lipinski definition) is 4. The van der Waals surface area contributed by atoms with Crippen molar-refractivity contribution >= 4 is 23.4 Å². The quantitative estimate of drug-likeness (QED) is 0.583. The minimum Gasteiger partial charge on any atom is -0.478 e. The number of thiophene rings is 1. The van der Waals surface area contributed by atoms with Crippen LogP contribution in [0.2, 0.25) is 0 Å². The smallest absolute Gasteiger partial charge is 0.328 e. The SMILES string of the molecule is CC(C)OCCOCc1cc(C=CC(=O)O)cs1. The zero-order valence-electron chi connectivity index (χ0n) is 10.6. The van der Waals surface area contributed by atoms with Crippen molar-refractivity contribution in [3.8, 4) is 0 Å². The molecule has 100 valence electrons. The van der Waals surface area contributed by atoms with E-state index in [4.69, 9.17) is 14.6 Å². The third kappa shape index (κ3) is 6.54. The van der Waals surface area contributed by atoms with Crippen LogP contribution in [0.15, 0.2) is 17.5 Å². The highest BCUT2D eigenvalue weighted by atomic mass is 32.1. The van der Waals surface area contributed by atoms with Gasteiger partial charge in [-0.3, -0.25) is 0 Å². The molecule has 0 aliphatic rings. The molecule has 1 aromatic heterocycles. The van der Waals surface area contributed by atoms with Gasteiger partial charge in [0.15, 0.2) is 0 Å². The van der Waals surface area contributed by atoms with Gasteiger partial charge in [-0.2, -0.15) is 0 Å². The molecule has 0 aliphatic carbocycles. The van der Waals surface area contributed by atoms with E-state index in [-0.39, 0.29) is 6.10 Å². The Hall–Kier alpha value is -1.17. The molecule has 0 spiro atoms. The van der Waals surface area contributed by atoms with Crippen molar-refractivity contribution in [1.29, 1.82) is 0 Å². The van der Waals surface area contributed by atoms with Crippen LogP contribution in [0, 0.1) is 0 Å². The summed E-state index contributed by atoms with van der Waals surface area (Å²) in [5, 5.41) is 10.4. The van der Waals surface area contributed by atoms with Crippen LogP contribution in [0.3, 0.4) is 0 Å². The fraction of sp³-hybridized carbons (Fsp3) is 0.462. The maximum atomic E-state index is 10.4. The molecule has 5 heteroatoms. The van der Waals surface area contributed by atoms with Gasteiger partial charge in [0, 0.05) is 11.0 Å². The molecule has 0 atom stereocenters.